The Morgan fingerprint density at radius 2 is 1.93 bits per heavy atom. The molecule has 0 bridgehead atoms. The van der Waals surface area contributed by atoms with Crippen molar-refractivity contribution in [3.63, 3.8) is 0 Å². The summed E-state index contributed by atoms with van der Waals surface area (Å²) in [4.78, 5) is 0. The van der Waals surface area contributed by atoms with Crippen LogP contribution in [0.2, 0.25) is 0 Å². The van der Waals surface area contributed by atoms with E-state index in [-0.39, 0.29) is 6.04 Å². The number of nitrogens with zero attached hydrogens (tertiary/aromatic N) is 2. The summed E-state index contributed by atoms with van der Waals surface area (Å²) in [6.07, 6.45) is 2.68. The maximum Gasteiger partial charge on any atom is 0.281 e. The van der Waals surface area contributed by atoms with Gasteiger partial charge in [-0.2, -0.15) is 17.0 Å². The predicted octanol–water partition coefficient (Wildman–Crippen LogP) is -0.394. The first-order valence-corrected chi connectivity index (χ1v) is 6.29. The van der Waals surface area contributed by atoms with Gasteiger partial charge in [0, 0.05) is 26.7 Å². The minimum Gasteiger partial charge on any atom is -0.330 e. The smallest absolute Gasteiger partial charge is 0.281 e. The lowest BCUT2D eigenvalue weighted by atomic mass is 10.4. The summed E-state index contributed by atoms with van der Waals surface area (Å²) in [6.45, 7) is 1.02. The van der Waals surface area contributed by atoms with E-state index in [4.69, 9.17) is 5.73 Å². The third kappa shape index (κ3) is 2.66. The Kier molecular flexibility index (Phi) is 3.88. The van der Waals surface area contributed by atoms with Crippen LogP contribution in [0.15, 0.2) is 0 Å². The molecule has 0 aromatic rings. The monoisotopic (exact) mass is 221 g/mol. The van der Waals surface area contributed by atoms with Gasteiger partial charge in [-0.15, -0.1) is 0 Å². The normalized spacial score (nSPS) is 18.1. The Morgan fingerprint density at radius 1 is 1.36 bits per heavy atom. The summed E-state index contributed by atoms with van der Waals surface area (Å²) in [5.41, 5.74) is 5.33. The van der Waals surface area contributed by atoms with Crippen LogP contribution in [-0.4, -0.2) is 50.3 Å². The molecule has 0 aromatic carbocycles. The van der Waals surface area contributed by atoms with Crippen LogP contribution in [-0.2, 0) is 10.2 Å². The minimum atomic E-state index is -3.24. The number of hydrogen-bond acceptors (Lipinski definition) is 3. The first kappa shape index (κ1) is 11.9. The second-order valence-electron chi connectivity index (χ2n) is 3.72. The van der Waals surface area contributed by atoms with Gasteiger partial charge in [0.15, 0.2) is 0 Å². The van der Waals surface area contributed by atoms with Gasteiger partial charge in [-0.3, -0.25) is 0 Å². The van der Waals surface area contributed by atoms with Crippen LogP contribution in [0.3, 0.4) is 0 Å². The molecule has 0 radical (unpaired) electrons. The number of rotatable bonds is 6. The highest BCUT2D eigenvalue weighted by atomic mass is 32.2. The van der Waals surface area contributed by atoms with Crippen molar-refractivity contribution >= 4 is 10.2 Å². The maximum absolute atomic E-state index is 11.8. The van der Waals surface area contributed by atoms with Gasteiger partial charge in [0.2, 0.25) is 0 Å². The average Bonchev–Trinajstić information content (AvgIpc) is 2.95. The Morgan fingerprint density at radius 3 is 2.36 bits per heavy atom. The molecule has 5 nitrogen and oxygen atoms in total. The zero-order valence-corrected chi connectivity index (χ0v) is 9.63. The lowest BCUT2D eigenvalue weighted by Crippen LogP contribution is -2.41. The molecule has 1 aliphatic rings. The Bertz CT molecular complexity index is 274. The van der Waals surface area contributed by atoms with Crippen molar-refractivity contribution in [2.24, 2.45) is 5.73 Å². The number of nitrogens with two attached hydrogens (primary N) is 1. The topological polar surface area (TPSA) is 66.6 Å². The van der Waals surface area contributed by atoms with E-state index in [9.17, 15) is 8.42 Å². The Balaban J connectivity index is 2.53. The van der Waals surface area contributed by atoms with Crippen molar-refractivity contribution in [1.82, 2.24) is 8.61 Å². The zero-order chi connectivity index (χ0) is 10.8. The van der Waals surface area contributed by atoms with Gasteiger partial charge in [0.1, 0.15) is 0 Å². The SMILES string of the molecule is CN(CCCN)S(=O)(=O)N(C)C1CC1. The van der Waals surface area contributed by atoms with Crippen LogP contribution < -0.4 is 5.73 Å². The van der Waals surface area contributed by atoms with Crippen molar-refractivity contribution in [2.75, 3.05) is 27.2 Å². The fraction of sp³-hybridized carbons (Fsp3) is 1.00. The van der Waals surface area contributed by atoms with Gasteiger partial charge in [-0.05, 0) is 25.8 Å². The molecule has 0 aliphatic heterocycles. The molecule has 0 saturated heterocycles. The van der Waals surface area contributed by atoms with E-state index in [1.165, 1.54) is 8.61 Å². The lowest BCUT2D eigenvalue weighted by Gasteiger charge is -2.23. The molecule has 0 spiro atoms. The van der Waals surface area contributed by atoms with Crippen LogP contribution in [0.4, 0.5) is 0 Å². The average molecular weight is 221 g/mol. The molecule has 6 heteroatoms. The fourth-order valence-electron chi connectivity index (χ4n) is 1.28. The van der Waals surface area contributed by atoms with E-state index < -0.39 is 10.2 Å². The Hall–Kier alpha value is -0.170. The summed E-state index contributed by atoms with van der Waals surface area (Å²) < 4.78 is 26.5. The third-order valence-electron chi connectivity index (χ3n) is 2.50. The predicted molar refractivity (Wildman–Crippen MR) is 56.0 cm³/mol. The van der Waals surface area contributed by atoms with Crippen LogP contribution in [0.1, 0.15) is 19.3 Å². The first-order valence-electron chi connectivity index (χ1n) is 4.89. The van der Waals surface area contributed by atoms with Crippen LogP contribution in [0.5, 0.6) is 0 Å². The van der Waals surface area contributed by atoms with Crippen molar-refractivity contribution in [3.8, 4) is 0 Å². The zero-order valence-electron chi connectivity index (χ0n) is 8.81. The molecule has 1 rings (SSSR count). The highest BCUT2D eigenvalue weighted by molar-refractivity contribution is 7.86. The molecule has 1 aliphatic carbocycles. The minimum absolute atomic E-state index is 0.223. The summed E-state index contributed by atoms with van der Waals surface area (Å²) in [6, 6.07) is 0.223. The van der Waals surface area contributed by atoms with E-state index in [0.29, 0.717) is 19.5 Å². The van der Waals surface area contributed by atoms with Gasteiger partial charge in [-0.25, -0.2) is 0 Å². The van der Waals surface area contributed by atoms with E-state index in [1.54, 1.807) is 14.1 Å². The lowest BCUT2D eigenvalue weighted by molar-refractivity contribution is 0.386. The molecule has 2 N–H and O–H groups in total. The van der Waals surface area contributed by atoms with Crippen molar-refractivity contribution in [3.05, 3.63) is 0 Å². The van der Waals surface area contributed by atoms with Crippen molar-refractivity contribution < 1.29 is 8.42 Å². The second-order valence-corrected chi connectivity index (χ2v) is 5.81. The van der Waals surface area contributed by atoms with Gasteiger partial charge in [0.05, 0.1) is 0 Å². The fourth-order valence-corrected chi connectivity index (χ4v) is 2.66. The van der Waals surface area contributed by atoms with Gasteiger partial charge in [0.25, 0.3) is 10.2 Å². The Labute approximate surface area is 86.0 Å². The van der Waals surface area contributed by atoms with Gasteiger partial charge in [-0.1, -0.05) is 0 Å². The summed E-state index contributed by atoms with van der Waals surface area (Å²) in [5, 5.41) is 0. The van der Waals surface area contributed by atoms with Gasteiger partial charge >= 0.3 is 0 Å². The molecule has 14 heavy (non-hydrogen) atoms. The molecular formula is C8H19N3O2S. The van der Waals surface area contributed by atoms with E-state index in [1.807, 2.05) is 0 Å². The molecule has 0 atom stereocenters. The highest BCUT2D eigenvalue weighted by Crippen LogP contribution is 2.28. The molecular weight excluding hydrogens is 202 g/mol. The third-order valence-corrected chi connectivity index (χ3v) is 4.49. The second kappa shape index (κ2) is 4.57. The van der Waals surface area contributed by atoms with E-state index in [2.05, 4.69) is 0 Å². The first-order chi connectivity index (χ1) is 6.50. The molecule has 0 amide bonds. The molecule has 1 fully saturated rings. The standard InChI is InChI=1S/C8H19N3O2S/c1-10(7-3-6-9)14(12,13)11(2)8-4-5-8/h8H,3-7,9H2,1-2H3. The van der Waals surface area contributed by atoms with E-state index >= 15 is 0 Å². The molecule has 0 unspecified atom stereocenters. The number of hydrogen-bond donors (Lipinski definition) is 1. The quantitative estimate of drug-likeness (QED) is 0.664. The summed E-state index contributed by atoms with van der Waals surface area (Å²) in [7, 11) is 0.00898. The van der Waals surface area contributed by atoms with Gasteiger partial charge < -0.3 is 5.73 Å². The summed E-state index contributed by atoms with van der Waals surface area (Å²) in [5.74, 6) is 0. The van der Waals surface area contributed by atoms with Crippen LogP contribution >= 0.6 is 0 Å². The van der Waals surface area contributed by atoms with Crippen molar-refractivity contribution in [1.29, 1.82) is 0 Å². The molecule has 84 valence electrons. The van der Waals surface area contributed by atoms with E-state index in [0.717, 1.165) is 12.8 Å². The maximum atomic E-state index is 11.8. The van der Waals surface area contributed by atoms with Crippen molar-refractivity contribution in [2.45, 2.75) is 25.3 Å². The molecule has 0 heterocycles. The summed E-state index contributed by atoms with van der Waals surface area (Å²) >= 11 is 0. The highest BCUT2D eigenvalue weighted by Gasteiger charge is 2.35. The molecule has 1 saturated carbocycles. The largest absolute Gasteiger partial charge is 0.330 e. The van der Waals surface area contributed by atoms with Crippen LogP contribution in [0, 0.1) is 0 Å². The molecule has 0 aromatic heterocycles. The van der Waals surface area contributed by atoms with Crippen LogP contribution in [0.25, 0.3) is 0 Å².